The van der Waals surface area contributed by atoms with Crippen LogP contribution in [0.5, 0.6) is 11.8 Å². The third kappa shape index (κ3) is 4.61. The van der Waals surface area contributed by atoms with Crippen LogP contribution in [0.3, 0.4) is 0 Å². The quantitative estimate of drug-likeness (QED) is 0.468. The number of anilines is 2. The molecule has 2 fully saturated rings. The van der Waals surface area contributed by atoms with Crippen molar-refractivity contribution in [2.24, 2.45) is 0 Å². The summed E-state index contributed by atoms with van der Waals surface area (Å²) in [6.07, 6.45) is 5.53. The number of hydrogen-bond donors (Lipinski definition) is 1. The van der Waals surface area contributed by atoms with Crippen molar-refractivity contribution in [2.75, 3.05) is 63.3 Å². The molecule has 0 aliphatic carbocycles. The van der Waals surface area contributed by atoms with Crippen LogP contribution in [0.15, 0.2) is 31.0 Å². The summed E-state index contributed by atoms with van der Waals surface area (Å²) in [5.41, 5.74) is 3.33. The first kappa shape index (κ1) is 26.4. The minimum Gasteiger partial charge on any atom is -0.484 e. The maximum Gasteiger partial charge on any atom is 0.320 e. The van der Waals surface area contributed by atoms with Gasteiger partial charge in [-0.25, -0.2) is 0 Å². The van der Waals surface area contributed by atoms with E-state index in [0.717, 1.165) is 23.9 Å². The third-order valence-corrected chi connectivity index (χ3v) is 8.67. The molecule has 1 aromatic carbocycles. The van der Waals surface area contributed by atoms with Crippen LogP contribution >= 0.6 is 0 Å². The summed E-state index contributed by atoms with van der Waals surface area (Å²) in [5, 5.41) is 8.45. The molecule has 0 spiro atoms. The number of rotatable bonds is 6. The first-order valence-corrected chi connectivity index (χ1v) is 14.1. The van der Waals surface area contributed by atoms with Crippen molar-refractivity contribution >= 4 is 28.4 Å². The van der Waals surface area contributed by atoms with E-state index < -0.39 is 0 Å². The van der Waals surface area contributed by atoms with Crippen LogP contribution in [0, 0.1) is 6.92 Å². The molecule has 0 saturated carbocycles. The SMILES string of the molecule is C=CC(=O)N1CCN(c2nc(OCC3CCCN3C)nc3c2OCC(c2c(C)ccc4[nH]ncc24)N3C)C[C@H]1C. The van der Waals surface area contributed by atoms with Crippen molar-refractivity contribution in [3.05, 3.63) is 42.1 Å². The molecule has 3 aromatic rings. The molecule has 2 unspecified atom stereocenters. The lowest BCUT2D eigenvalue weighted by molar-refractivity contribution is -0.128. The monoisotopic (exact) mass is 546 g/mol. The van der Waals surface area contributed by atoms with Crippen molar-refractivity contribution in [3.63, 3.8) is 0 Å². The average molecular weight is 547 g/mol. The largest absolute Gasteiger partial charge is 0.484 e. The number of carbonyl (C=O) groups is 1. The van der Waals surface area contributed by atoms with Crippen LogP contribution in [0.2, 0.25) is 0 Å². The van der Waals surface area contributed by atoms with Crippen LogP contribution in [0.25, 0.3) is 10.9 Å². The van der Waals surface area contributed by atoms with Gasteiger partial charge in [0, 0.05) is 44.2 Å². The van der Waals surface area contributed by atoms with Gasteiger partial charge in [-0.3, -0.25) is 9.89 Å². The topological polar surface area (TPSA) is 103 Å². The second kappa shape index (κ2) is 10.6. The first-order chi connectivity index (χ1) is 19.4. The number of nitrogens with zero attached hydrogens (tertiary/aromatic N) is 7. The number of aryl methyl sites for hydroxylation is 1. The van der Waals surface area contributed by atoms with E-state index in [9.17, 15) is 4.79 Å². The van der Waals surface area contributed by atoms with E-state index in [0.29, 0.717) is 62.3 Å². The first-order valence-electron chi connectivity index (χ1n) is 14.1. The maximum atomic E-state index is 12.4. The normalized spacial score (nSPS) is 23.3. The number of H-pyrrole nitrogens is 1. The van der Waals surface area contributed by atoms with Crippen LogP contribution in [0.4, 0.5) is 11.6 Å². The summed E-state index contributed by atoms with van der Waals surface area (Å²) in [5.74, 6) is 2.01. The van der Waals surface area contributed by atoms with Gasteiger partial charge >= 0.3 is 6.01 Å². The predicted molar refractivity (Wildman–Crippen MR) is 154 cm³/mol. The minimum absolute atomic E-state index is 0.00298. The van der Waals surface area contributed by atoms with E-state index in [1.807, 2.05) is 18.0 Å². The Balaban J connectivity index is 1.36. The van der Waals surface area contributed by atoms with Crippen LogP contribution in [0.1, 0.15) is 36.9 Å². The van der Waals surface area contributed by atoms with E-state index in [2.05, 4.69) is 64.6 Å². The number of aromatic amines is 1. The summed E-state index contributed by atoms with van der Waals surface area (Å²) < 4.78 is 12.8. The zero-order chi connectivity index (χ0) is 28.0. The van der Waals surface area contributed by atoms with Gasteiger partial charge in [0.15, 0.2) is 11.6 Å². The fourth-order valence-corrected chi connectivity index (χ4v) is 6.30. The Morgan fingerprint density at radius 2 is 2.05 bits per heavy atom. The van der Waals surface area contributed by atoms with Crippen molar-refractivity contribution in [3.8, 4) is 11.8 Å². The number of aromatic nitrogens is 4. The zero-order valence-electron chi connectivity index (χ0n) is 23.8. The molecule has 11 nitrogen and oxygen atoms in total. The molecule has 1 amide bonds. The third-order valence-electron chi connectivity index (χ3n) is 8.67. The minimum atomic E-state index is -0.0636. The number of hydrogen-bond acceptors (Lipinski definition) is 9. The van der Waals surface area contributed by atoms with Gasteiger partial charge in [0.05, 0.1) is 17.8 Å². The van der Waals surface area contributed by atoms with Gasteiger partial charge in [-0.2, -0.15) is 15.1 Å². The molecule has 2 saturated heterocycles. The van der Waals surface area contributed by atoms with Gasteiger partial charge in [-0.1, -0.05) is 12.6 Å². The Labute approximate surface area is 234 Å². The second-order valence-electron chi connectivity index (χ2n) is 11.2. The highest BCUT2D eigenvalue weighted by Crippen LogP contribution is 2.45. The standard InChI is InChI=1S/C29H38N8O3/c1-6-24(38)37-13-12-36(15-19(37)3)28-26-27(31-29(32-28)40-16-20-8-7-11-34(20)4)35(5)23(17-39-26)25-18(2)9-10-22-21(25)14-30-33-22/h6,9-10,14,19-20,23H,1,7-8,11-13,15-17H2,2-5H3,(H,30,33)/t19-,20?,23?/m1/s1. The number of nitrogens with one attached hydrogen (secondary N) is 1. The molecule has 2 aromatic heterocycles. The number of likely N-dealkylation sites (N-methyl/N-ethyl adjacent to an activating group) is 2. The highest BCUT2D eigenvalue weighted by atomic mass is 16.5. The summed E-state index contributed by atoms with van der Waals surface area (Å²) in [4.78, 5) is 30.7. The van der Waals surface area contributed by atoms with Gasteiger partial charge < -0.3 is 29.1 Å². The number of likely N-dealkylation sites (tertiary alicyclic amines) is 1. The Bertz CT molecular complexity index is 1420. The zero-order valence-corrected chi connectivity index (χ0v) is 23.8. The van der Waals surface area contributed by atoms with Crippen LogP contribution < -0.4 is 19.3 Å². The van der Waals surface area contributed by atoms with Crippen molar-refractivity contribution in [2.45, 2.75) is 44.8 Å². The Morgan fingerprint density at radius 1 is 1.23 bits per heavy atom. The van der Waals surface area contributed by atoms with E-state index in [1.54, 1.807) is 0 Å². The summed E-state index contributed by atoms with van der Waals surface area (Å²) >= 11 is 0. The fraction of sp³-hybridized carbons (Fsp3) is 0.517. The molecule has 3 aliphatic rings. The molecule has 11 heteroatoms. The Hall–Kier alpha value is -3.86. The number of ether oxygens (including phenoxy) is 2. The van der Waals surface area contributed by atoms with Gasteiger partial charge in [-0.05, 0) is 63.6 Å². The predicted octanol–water partition coefficient (Wildman–Crippen LogP) is 2.93. The molecular formula is C29H38N8O3. The smallest absolute Gasteiger partial charge is 0.320 e. The molecular weight excluding hydrogens is 508 g/mol. The molecule has 40 heavy (non-hydrogen) atoms. The molecule has 1 N–H and O–H groups in total. The second-order valence-corrected chi connectivity index (χ2v) is 11.2. The fourth-order valence-electron chi connectivity index (χ4n) is 6.30. The summed E-state index contributed by atoms with van der Waals surface area (Å²) in [7, 11) is 4.19. The average Bonchev–Trinajstić information content (AvgIpc) is 3.60. The highest BCUT2D eigenvalue weighted by molar-refractivity contribution is 5.87. The van der Waals surface area contributed by atoms with E-state index in [-0.39, 0.29) is 18.0 Å². The maximum absolute atomic E-state index is 12.4. The molecule has 0 radical (unpaired) electrons. The van der Waals surface area contributed by atoms with Gasteiger partial charge in [0.2, 0.25) is 11.7 Å². The Morgan fingerprint density at radius 3 is 2.80 bits per heavy atom. The summed E-state index contributed by atoms with van der Waals surface area (Å²) in [6, 6.07) is 4.80. The number of benzene rings is 1. The molecule has 3 atom stereocenters. The molecule has 6 rings (SSSR count). The van der Waals surface area contributed by atoms with Gasteiger partial charge in [0.1, 0.15) is 13.2 Å². The molecule has 0 bridgehead atoms. The lowest BCUT2D eigenvalue weighted by Crippen LogP contribution is -2.54. The van der Waals surface area contributed by atoms with E-state index in [4.69, 9.17) is 19.4 Å². The van der Waals surface area contributed by atoms with Gasteiger partial charge in [-0.15, -0.1) is 0 Å². The molecule has 3 aliphatic heterocycles. The van der Waals surface area contributed by atoms with E-state index >= 15 is 0 Å². The number of piperazine rings is 1. The lowest BCUT2D eigenvalue weighted by Gasteiger charge is -2.42. The molecule has 212 valence electrons. The van der Waals surface area contributed by atoms with Crippen LogP contribution in [-0.2, 0) is 4.79 Å². The van der Waals surface area contributed by atoms with Crippen molar-refractivity contribution in [1.82, 2.24) is 30.0 Å². The lowest BCUT2D eigenvalue weighted by atomic mass is 9.96. The van der Waals surface area contributed by atoms with Crippen molar-refractivity contribution < 1.29 is 14.3 Å². The number of amides is 1. The van der Waals surface area contributed by atoms with E-state index in [1.165, 1.54) is 23.6 Å². The number of fused-ring (bicyclic) bond motifs is 2. The van der Waals surface area contributed by atoms with Crippen molar-refractivity contribution in [1.29, 1.82) is 0 Å². The molecule has 5 heterocycles. The number of carbonyl (C=O) groups excluding carboxylic acids is 1. The van der Waals surface area contributed by atoms with Crippen LogP contribution in [-0.4, -0.2) is 101 Å². The van der Waals surface area contributed by atoms with Gasteiger partial charge in [0.25, 0.3) is 0 Å². The highest BCUT2D eigenvalue weighted by Gasteiger charge is 2.36. The summed E-state index contributed by atoms with van der Waals surface area (Å²) in [6.45, 7) is 11.7. The Kier molecular flexibility index (Phi) is 6.99.